The summed E-state index contributed by atoms with van der Waals surface area (Å²) in [5, 5.41) is 0. The molecule has 0 N–H and O–H groups in total. The Bertz CT molecular complexity index is 626. The van der Waals surface area contributed by atoms with Crippen LogP contribution < -0.4 is 4.74 Å². The molecule has 2 rings (SSSR count). The molecule has 0 aliphatic carbocycles. The first kappa shape index (κ1) is 17.4. The van der Waals surface area contributed by atoms with Gasteiger partial charge in [-0.05, 0) is 42.7 Å². The molecular weight excluding hydrogens is 308 g/mol. The number of benzene rings is 2. The van der Waals surface area contributed by atoms with Gasteiger partial charge in [0.25, 0.3) is 0 Å². The first-order valence-corrected chi connectivity index (χ1v) is 8.79. The zero-order chi connectivity index (χ0) is 16.5. The van der Waals surface area contributed by atoms with Gasteiger partial charge in [0.1, 0.15) is 12.4 Å². The normalized spacial score (nSPS) is 10.3. The first-order valence-electron chi connectivity index (χ1n) is 7.81. The van der Waals surface area contributed by atoms with Crippen molar-refractivity contribution in [2.24, 2.45) is 0 Å². The van der Waals surface area contributed by atoms with E-state index >= 15 is 0 Å². The van der Waals surface area contributed by atoms with Crippen LogP contribution in [0.5, 0.6) is 5.75 Å². The van der Waals surface area contributed by atoms with Crippen LogP contribution in [0.2, 0.25) is 0 Å². The Balaban J connectivity index is 1.97. The Kier molecular flexibility index (Phi) is 7.01. The van der Waals surface area contributed by atoms with Gasteiger partial charge >= 0.3 is 5.97 Å². The van der Waals surface area contributed by atoms with Crippen molar-refractivity contribution < 1.29 is 14.3 Å². The molecule has 0 aliphatic rings. The van der Waals surface area contributed by atoms with Crippen LogP contribution >= 0.6 is 11.8 Å². The van der Waals surface area contributed by atoms with E-state index in [1.165, 1.54) is 17.3 Å². The minimum atomic E-state index is -0.177. The Labute approximate surface area is 142 Å². The molecule has 0 heterocycles. The van der Waals surface area contributed by atoms with Crippen LogP contribution in [0, 0.1) is 0 Å². The highest BCUT2D eigenvalue weighted by Crippen LogP contribution is 2.27. The highest BCUT2D eigenvalue weighted by Gasteiger charge is 2.08. The molecule has 4 heteroatoms. The summed E-state index contributed by atoms with van der Waals surface area (Å²) in [5.74, 6) is 1.01. The van der Waals surface area contributed by atoms with Crippen LogP contribution in [0.1, 0.15) is 25.0 Å². The minimum Gasteiger partial charge on any atom is -0.489 e. The van der Waals surface area contributed by atoms with Crippen molar-refractivity contribution in [2.45, 2.75) is 31.8 Å². The first-order chi connectivity index (χ1) is 11.2. The van der Waals surface area contributed by atoms with Gasteiger partial charge in [-0.25, -0.2) is 0 Å². The van der Waals surface area contributed by atoms with E-state index in [9.17, 15) is 4.79 Å². The number of carbonyl (C=O) groups is 1. The third kappa shape index (κ3) is 5.64. The molecule has 2 aromatic carbocycles. The fourth-order valence-corrected chi connectivity index (χ4v) is 3.05. The molecule has 0 amide bonds. The van der Waals surface area contributed by atoms with Crippen molar-refractivity contribution in [3.63, 3.8) is 0 Å². The lowest BCUT2D eigenvalue weighted by molar-refractivity contribution is -0.139. The van der Waals surface area contributed by atoms with Gasteiger partial charge in [0.2, 0.25) is 0 Å². The van der Waals surface area contributed by atoms with E-state index in [4.69, 9.17) is 9.47 Å². The van der Waals surface area contributed by atoms with Gasteiger partial charge in [0.05, 0.1) is 12.4 Å². The average molecular weight is 330 g/mol. The molecule has 0 saturated carbocycles. The number of ether oxygens (including phenoxy) is 2. The molecule has 0 bridgehead atoms. The molecule has 0 radical (unpaired) electrons. The quantitative estimate of drug-likeness (QED) is 0.528. The number of rotatable bonds is 8. The summed E-state index contributed by atoms with van der Waals surface area (Å²) < 4.78 is 10.8. The lowest BCUT2D eigenvalue weighted by atomic mass is 10.1. The standard InChI is InChI=1S/C19H22O3S/c1-3-16-12-17(22-13-15-8-6-5-7-9-15)10-11-18(16)23-14-19(20)21-4-2/h5-12H,3-4,13-14H2,1-2H3. The van der Waals surface area contributed by atoms with Crippen molar-refractivity contribution in [1.29, 1.82) is 0 Å². The van der Waals surface area contributed by atoms with Gasteiger partial charge in [-0.1, -0.05) is 37.3 Å². The molecule has 0 unspecified atom stereocenters. The summed E-state index contributed by atoms with van der Waals surface area (Å²) in [5.41, 5.74) is 2.33. The van der Waals surface area contributed by atoms with Crippen molar-refractivity contribution in [3.8, 4) is 5.75 Å². The zero-order valence-electron chi connectivity index (χ0n) is 13.6. The fraction of sp³-hybridized carbons (Fsp3) is 0.316. The lowest BCUT2D eigenvalue weighted by Gasteiger charge is -2.11. The Morgan fingerprint density at radius 3 is 2.57 bits per heavy atom. The SMILES string of the molecule is CCOC(=O)CSc1ccc(OCc2ccccc2)cc1CC. The molecule has 2 aromatic rings. The third-order valence-electron chi connectivity index (χ3n) is 3.31. The van der Waals surface area contributed by atoms with Gasteiger partial charge in [-0.3, -0.25) is 4.79 Å². The average Bonchev–Trinajstić information content (AvgIpc) is 2.59. The zero-order valence-corrected chi connectivity index (χ0v) is 14.4. The Morgan fingerprint density at radius 1 is 1.09 bits per heavy atom. The van der Waals surface area contributed by atoms with E-state index in [0.717, 1.165) is 22.6 Å². The second-order valence-corrected chi connectivity index (χ2v) is 6.01. The van der Waals surface area contributed by atoms with Crippen LogP contribution in [0.15, 0.2) is 53.4 Å². The molecule has 0 aromatic heterocycles. The van der Waals surface area contributed by atoms with Gasteiger partial charge < -0.3 is 9.47 Å². The maximum Gasteiger partial charge on any atom is 0.316 e. The number of hydrogen-bond donors (Lipinski definition) is 0. The van der Waals surface area contributed by atoms with Crippen molar-refractivity contribution in [1.82, 2.24) is 0 Å². The highest BCUT2D eigenvalue weighted by atomic mass is 32.2. The molecule has 0 saturated heterocycles. The third-order valence-corrected chi connectivity index (χ3v) is 4.40. The summed E-state index contributed by atoms with van der Waals surface area (Å²) in [6, 6.07) is 16.1. The molecule has 0 aliphatic heterocycles. The minimum absolute atomic E-state index is 0.177. The smallest absolute Gasteiger partial charge is 0.316 e. The number of esters is 1. The monoisotopic (exact) mass is 330 g/mol. The van der Waals surface area contributed by atoms with Crippen LogP contribution in [-0.4, -0.2) is 18.3 Å². The van der Waals surface area contributed by atoms with E-state index in [2.05, 4.69) is 13.0 Å². The van der Waals surface area contributed by atoms with Gasteiger partial charge in [0, 0.05) is 4.90 Å². The van der Waals surface area contributed by atoms with E-state index in [-0.39, 0.29) is 5.97 Å². The van der Waals surface area contributed by atoms with Crippen molar-refractivity contribution >= 4 is 17.7 Å². The van der Waals surface area contributed by atoms with E-state index in [1.54, 1.807) is 0 Å². The van der Waals surface area contributed by atoms with Gasteiger partial charge in [-0.15, -0.1) is 11.8 Å². The predicted octanol–water partition coefficient (Wildman–Crippen LogP) is 4.48. The summed E-state index contributed by atoms with van der Waals surface area (Å²) in [7, 11) is 0. The van der Waals surface area contributed by atoms with Gasteiger partial charge in [-0.2, -0.15) is 0 Å². The topological polar surface area (TPSA) is 35.5 Å². The Morgan fingerprint density at radius 2 is 1.87 bits per heavy atom. The van der Waals surface area contributed by atoms with Crippen LogP contribution in [-0.2, 0) is 22.6 Å². The number of thioether (sulfide) groups is 1. The Hall–Kier alpha value is -1.94. The largest absolute Gasteiger partial charge is 0.489 e. The fourth-order valence-electron chi connectivity index (χ4n) is 2.14. The molecule has 122 valence electrons. The molecule has 3 nitrogen and oxygen atoms in total. The maximum absolute atomic E-state index is 11.5. The molecule has 23 heavy (non-hydrogen) atoms. The van der Waals surface area contributed by atoms with Crippen LogP contribution in [0.4, 0.5) is 0 Å². The van der Waals surface area contributed by atoms with Crippen molar-refractivity contribution in [3.05, 3.63) is 59.7 Å². The van der Waals surface area contributed by atoms with Crippen LogP contribution in [0.3, 0.4) is 0 Å². The summed E-state index contributed by atoms with van der Waals surface area (Å²) in [6.07, 6.45) is 0.897. The highest BCUT2D eigenvalue weighted by molar-refractivity contribution is 8.00. The predicted molar refractivity (Wildman–Crippen MR) is 94.0 cm³/mol. The molecule has 0 spiro atoms. The van der Waals surface area contributed by atoms with Crippen LogP contribution in [0.25, 0.3) is 0 Å². The summed E-state index contributed by atoms with van der Waals surface area (Å²) in [6.45, 7) is 4.90. The molecule has 0 fully saturated rings. The number of carbonyl (C=O) groups excluding carboxylic acids is 1. The number of aryl methyl sites for hydroxylation is 1. The second kappa shape index (κ2) is 9.26. The second-order valence-electron chi connectivity index (χ2n) is 4.99. The van der Waals surface area contributed by atoms with E-state index in [0.29, 0.717) is 19.0 Å². The molecule has 0 atom stereocenters. The number of hydrogen-bond acceptors (Lipinski definition) is 4. The molecular formula is C19H22O3S. The van der Waals surface area contributed by atoms with Crippen molar-refractivity contribution in [2.75, 3.05) is 12.4 Å². The van der Waals surface area contributed by atoms with E-state index in [1.807, 2.05) is 49.4 Å². The summed E-state index contributed by atoms with van der Waals surface area (Å²) in [4.78, 5) is 12.6. The van der Waals surface area contributed by atoms with Gasteiger partial charge in [0.15, 0.2) is 0 Å². The summed E-state index contributed by atoms with van der Waals surface area (Å²) >= 11 is 1.51. The maximum atomic E-state index is 11.5. The van der Waals surface area contributed by atoms with E-state index < -0.39 is 0 Å². The lowest BCUT2D eigenvalue weighted by Crippen LogP contribution is -2.06.